The zero-order chi connectivity index (χ0) is 16.8. The molecule has 5 nitrogen and oxygen atoms in total. The zero-order valence-electron chi connectivity index (χ0n) is 13.0. The largest absolute Gasteiger partial charge is 0.472 e. The molecule has 1 heterocycles. The van der Waals surface area contributed by atoms with Crippen molar-refractivity contribution < 1.29 is 23.4 Å². The molecule has 0 aliphatic rings. The van der Waals surface area contributed by atoms with Crippen molar-refractivity contribution in [2.45, 2.75) is 39.2 Å². The minimum atomic E-state index is -2.61. The van der Waals surface area contributed by atoms with E-state index in [9.17, 15) is 18.7 Å². The van der Waals surface area contributed by atoms with Crippen LogP contribution < -0.4 is 10.1 Å². The lowest BCUT2D eigenvalue weighted by molar-refractivity contribution is 0.00592. The van der Waals surface area contributed by atoms with Gasteiger partial charge in [-0.3, -0.25) is 4.79 Å². The lowest BCUT2D eigenvalue weighted by Gasteiger charge is -2.29. The topological polar surface area (TPSA) is 71.5 Å². The molecule has 0 saturated carbocycles. The maximum Gasteiger partial charge on any atom is 0.272 e. The number of alkyl halides is 2. The Bertz CT molecular complexity index is 495. The molecule has 0 bridgehead atoms. The zero-order valence-corrected chi connectivity index (χ0v) is 13.0. The van der Waals surface area contributed by atoms with Gasteiger partial charge in [0.15, 0.2) is 6.61 Å². The molecule has 0 saturated heterocycles. The number of rotatable bonds is 8. The second-order valence-corrected chi connectivity index (χ2v) is 5.43. The fourth-order valence-corrected chi connectivity index (χ4v) is 1.75. The Morgan fingerprint density at radius 1 is 1.55 bits per heavy atom. The average Bonchev–Trinajstić information content (AvgIpc) is 2.50. The number of aromatic nitrogens is 1. The number of halogens is 2. The number of ether oxygens (including phenoxy) is 1. The highest BCUT2D eigenvalue weighted by atomic mass is 19.3. The third-order valence-corrected chi connectivity index (χ3v) is 3.64. The maximum atomic E-state index is 12.1. The van der Waals surface area contributed by atoms with E-state index in [1.165, 1.54) is 18.3 Å². The van der Waals surface area contributed by atoms with Crippen LogP contribution in [-0.2, 0) is 0 Å². The second kappa shape index (κ2) is 8.03. The first-order chi connectivity index (χ1) is 10.3. The van der Waals surface area contributed by atoms with Crippen LogP contribution in [0.5, 0.6) is 5.88 Å². The van der Waals surface area contributed by atoms with Crippen molar-refractivity contribution in [2.75, 3.05) is 13.2 Å². The lowest BCUT2D eigenvalue weighted by atomic mass is 9.88. The number of aliphatic hydroxyl groups is 1. The summed E-state index contributed by atoms with van der Waals surface area (Å²) >= 11 is 0. The van der Waals surface area contributed by atoms with Crippen LogP contribution in [0.25, 0.3) is 0 Å². The molecule has 2 unspecified atom stereocenters. The molecule has 0 aromatic carbocycles. The van der Waals surface area contributed by atoms with E-state index < -0.39 is 24.5 Å². The summed E-state index contributed by atoms with van der Waals surface area (Å²) < 4.78 is 28.9. The maximum absolute atomic E-state index is 12.1. The van der Waals surface area contributed by atoms with Crippen LogP contribution in [0.1, 0.15) is 37.6 Å². The third kappa shape index (κ3) is 5.55. The van der Waals surface area contributed by atoms with E-state index in [1.807, 2.05) is 13.8 Å². The molecule has 1 amide bonds. The first-order valence-electron chi connectivity index (χ1n) is 7.13. The van der Waals surface area contributed by atoms with Gasteiger partial charge in [0, 0.05) is 24.4 Å². The van der Waals surface area contributed by atoms with Gasteiger partial charge in [-0.05, 0) is 18.9 Å². The van der Waals surface area contributed by atoms with E-state index in [0.29, 0.717) is 0 Å². The van der Waals surface area contributed by atoms with E-state index in [4.69, 9.17) is 4.74 Å². The van der Waals surface area contributed by atoms with Gasteiger partial charge in [0.25, 0.3) is 12.3 Å². The molecule has 0 aliphatic carbocycles. The Hall–Kier alpha value is -1.76. The van der Waals surface area contributed by atoms with Gasteiger partial charge in [-0.2, -0.15) is 0 Å². The van der Waals surface area contributed by atoms with Gasteiger partial charge in [-0.1, -0.05) is 20.3 Å². The quantitative estimate of drug-likeness (QED) is 0.771. The number of pyridine rings is 1. The Morgan fingerprint density at radius 2 is 2.23 bits per heavy atom. The van der Waals surface area contributed by atoms with E-state index >= 15 is 0 Å². The van der Waals surface area contributed by atoms with Crippen molar-refractivity contribution in [1.82, 2.24) is 10.3 Å². The highest BCUT2D eigenvalue weighted by Crippen LogP contribution is 2.19. The summed E-state index contributed by atoms with van der Waals surface area (Å²) in [6.07, 6.45) is -0.517. The molecule has 124 valence electrons. The Labute approximate surface area is 128 Å². The fraction of sp³-hybridized carbons (Fsp3) is 0.600. The SMILES string of the molecule is CCC(C)C(C)(O)CNC(=O)c1ccnc(OCC(F)F)c1. The van der Waals surface area contributed by atoms with Crippen molar-refractivity contribution in [3.63, 3.8) is 0 Å². The van der Waals surface area contributed by atoms with Crippen LogP contribution in [-0.4, -0.2) is 41.2 Å². The van der Waals surface area contributed by atoms with E-state index in [0.717, 1.165) is 6.42 Å². The summed E-state index contributed by atoms with van der Waals surface area (Å²) in [5, 5.41) is 12.9. The summed E-state index contributed by atoms with van der Waals surface area (Å²) in [4.78, 5) is 15.8. The smallest absolute Gasteiger partial charge is 0.272 e. The predicted octanol–water partition coefficient (Wildman–Crippen LogP) is 2.25. The van der Waals surface area contributed by atoms with Gasteiger partial charge in [-0.15, -0.1) is 0 Å². The Morgan fingerprint density at radius 3 is 2.82 bits per heavy atom. The molecule has 1 aromatic rings. The molecule has 7 heteroatoms. The molecule has 2 atom stereocenters. The van der Waals surface area contributed by atoms with E-state index in [-0.39, 0.29) is 23.9 Å². The molecule has 0 fully saturated rings. The predicted molar refractivity (Wildman–Crippen MR) is 78.1 cm³/mol. The highest BCUT2D eigenvalue weighted by molar-refractivity contribution is 5.94. The normalized spacial score (nSPS) is 15.2. The monoisotopic (exact) mass is 316 g/mol. The molecule has 0 spiro atoms. The molecule has 22 heavy (non-hydrogen) atoms. The van der Waals surface area contributed by atoms with Crippen LogP contribution in [0, 0.1) is 5.92 Å². The van der Waals surface area contributed by atoms with Gasteiger partial charge in [0.1, 0.15) is 0 Å². The summed E-state index contributed by atoms with van der Waals surface area (Å²) in [5.74, 6) is -0.440. The number of nitrogens with zero attached hydrogens (tertiary/aromatic N) is 1. The van der Waals surface area contributed by atoms with Gasteiger partial charge in [0.05, 0.1) is 5.60 Å². The van der Waals surface area contributed by atoms with Crippen LogP contribution >= 0.6 is 0 Å². The van der Waals surface area contributed by atoms with E-state index in [2.05, 4.69) is 10.3 Å². The van der Waals surface area contributed by atoms with Crippen LogP contribution in [0.15, 0.2) is 18.3 Å². The molecule has 2 N–H and O–H groups in total. The van der Waals surface area contributed by atoms with Crippen molar-refractivity contribution in [3.8, 4) is 5.88 Å². The summed E-state index contributed by atoms with van der Waals surface area (Å²) in [6, 6.07) is 2.73. The molecule has 0 aliphatic heterocycles. The van der Waals surface area contributed by atoms with Crippen LogP contribution in [0.2, 0.25) is 0 Å². The van der Waals surface area contributed by atoms with Gasteiger partial charge >= 0.3 is 0 Å². The standard InChI is InChI=1S/C15H22F2N2O3/c1-4-10(2)15(3,21)9-19-14(20)11-5-6-18-13(7-11)22-8-12(16)17/h5-7,10,12,21H,4,8-9H2,1-3H3,(H,19,20). The molecule has 0 radical (unpaired) electrons. The third-order valence-electron chi connectivity index (χ3n) is 3.64. The van der Waals surface area contributed by atoms with Crippen molar-refractivity contribution in [3.05, 3.63) is 23.9 Å². The van der Waals surface area contributed by atoms with Gasteiger partial charge < -0.3 is 15.2 Å². The molecule has 1 rings (SSSR count). The number of carbonyl (C=O) groups is 1. The number of hydrogen-bond donors (Lipinski definition) is 2. The summed E-state index contributed by atoms with van der Waals surface area (Å²) in [7, 11) is 0. The first kappa shape index (κ1) is 18.3. The highest BCUT2D eigenvalue weighted by Gasteiger charge is 2.27. The molecular weight excluding hydrogens is 294 g/mol. The summed E-state index contributed by atoms with van der Waals surface area (Å²) in [6.45, 7) is 4.83. The van der Waals surface area contributed by atoms with Crippen LogP contribution in [0.3, 0.4) is 0 Å². The van der Waals surface area contributed by atoms with E-state index in [1.54, 1.807) is 6.92 Å². The van der Waals surface area contributed by atoms with Crippen molar-refractivity contribution in [1.29, 1.82) is 0 Å². The number of amides is 1. The Kier molecular flexibility index (Phi) is 6.67. The van der Waals surface area contributed by atoms with Crippen LogP contribution in [0.4, 0.5) is 8.78 Å². The van der Waals surface area contributed by atoms with Gasteiger partial charge in [0.2, 0.25) is 5.88 Å². The summed E-state index contributed by atoms with van der Waals surface area (Å²) in [5.41, 5.74) is -0.786. The number of carbonyl (C=O) groups excluding carboxylic acids is 1. The van der Waals surface area contributed by atoms with Crippen molar-refractivity contribution >= 4 is 5.91 Å². The minimum Gasteiger partial charge on any atom is -0.472 e. The minimum absolute atomic E-state index is 0.0233. The average molecular weight is 316 g/mol. The number of nitrogens with one attached hydrogen (secondary N) is 1. The first-order valence-corrected chi connectivity index (χ1v) is 7.13. The molecule has 1 aromatic heterocycles. The Balaban J connectivity index is 2.64. The number of hydrogen-bond acceptors (Lipinski definition) is 4. The fourth-order valence-electron chi connectivity index (χ4n) is 1.75. The second-order valence-electron chi connectivity index (χ2n) is 5.43. The van der Waals surface area contributed by atoms with Crippen molar-refractivity contribution in [2.24, 2.45) is 5.92 Å². The molecular formula is C15H22F2N2O3. The lowest BCUT2D eigenvalue weighted by Crippen LogP contribution is -2.45. The van der Waals surface area contributed by atoms with Gasteiger partial charge in [-0.25, -0.2) is 13.8 Å².